The van der Waals surface area contributed by atoms with E-state index in [-0.39, 0.29) is 5.91 Å². The minimum absolute atomic E-state index is 0.0881. The molecule has 4 rings (SSSR count). The molecule has 0 bridgehead atoms. The summed E-state index contributed by atoms with van der Waals surface area (Å²) in [5, 5.41) is 4.12. The van der Waals surface area contributed by atoms with E-state index in [1.807, 2.05) is 30.7 Å². The molecule has 30 heavy (non-hydrogen) atoms. The van der Waals surface area contributed by atoms with E-state index in [1.165, 1.54) is 18.4 Å². The van der Waals surface area contributed by atoms with E-state index in [9.17, 15) is 4.79 Å². The number of allylic oxidation sites excluding steroid dienone is 1. The molecule has 0 spiro atoms. The van der Waals surface area contributed by atoms with Crippen LogP contribution < -0.4 is 10.1 Å². The van der Waals surface area contributed by atoms with Crippen LogP contribution in [-0.4, -0.2) is 28.6 Å². The van der Waals surface area contributed by atoms with Gasteiger partial charge in [-0.3, -0.25) is 4.79 Å². The van der Waals surface area contributed by atoms with Gasteiger partial charge in [0.1, 0.15) is 17.1 Å². The van der Waals surface area contributed by atoms with Crippen molar-refractivity contribution in [1.82, 2.24) is 14.9 Å². The number of aromatic nitrogens is 2. The van der Waals surface area contributed by atoms with Gasteiger partial charge in [0, 0.05) is 60.6 Å². The molecule has 1 aromatic carbocycles. The highest BCUT2D eigenvalue weighted by atomic mass is 16.5. The smallest absolute Gasteiger partial charge is 0.244 e. The van der Waals surface area contributed by atoms with E-state index >= 15 is 0 Å². The molecule has 0 atom stereocenters. The third-order valence-corrected chi connectivity index (χ3v) is 5.58. The summed E-state index contributed by atoms with van der Waals surface area (Å²) in [6.07, 6.45) is 12.4. The lowest BCUT2D eigenvalue weighted by molar-refractivity contribution is -0.116. The molecule has 2 aromatic heterocycles. The Bertz CT molecular complexity index is 1050. The molecule has 6 nitrogen and oxygen atoms in total. The second kappa shape index (κ2) is 9.20. The molecule has 6 heteroatoms. The molecule has 1 N–H and O–H groups in total. The zero-order valence-corrected chi connectivity index (χ0v) is 17.7. The lowest BCUT2D eigenvalue weighted by atomic mass is 9.94. The number of nitrogens with one attached hydrogen (secondary N) is 1. The summed E-state index contributed by atoms with van der Waals surface area (Å²) in [5.74, 6) is 1.78. The number of amides is 1. The van der Waals surface area contributed by atoms with Crippen LogP contribution in [0.2, 0.25) is 0 Å². The number of ether oxygens (including phenoxy) is 1. The Morgan fingerprint density at radius 3 is 3.00 bits per heavy atom. The summed E-state index contributed by atoms with van der Waals surface area (Å²) in [6.45, 7) is 5.94. The highest BCUT2D eigenvalue weighted by Gasteiger charge is 2.20. The number of benzene rings is 1. The van der Waals surface area contributed by atoms with Crippen molar-refractivity contribution in [3.05, 3.63) is 53.8 Å². The van der Waals surface area contributed by atoms with E-state index in [0.29, 0.717) is 13.2 Å². The molecule has 0 fully saturated rings. The topological polar surface area (TPSA) is 69.3 Å². The summed E-state index contributed by atoms with van der Waals surface area (Å²) in [5.41, 5.74) is 4.04. The van der Waals surface area contributed by atoms with Gasteiger partial charge < -0.3 is 19.0 Å². The SMILES string of the molecule is CCOc1cc2oc3c(c2cc1/C(C)=C/C(=O)NCCCn1ccnc1)CCCC3. The number of fused-ring (bicyclic) bond motifs is 3. The predicted octanol–water partition coefficient (Wildman–Crippen LogP) is 4.52. The average Bonchev–Trinajstić information content (AvgIpc) is 3.38. The van der Waals surface area contributed by atoms with E-state index in [1.54, 1.807) is 18.6 Å². The molecule has 0 radical (unpaired) electrons. The number of nitrogens with zero attached hydrogens (tertiary/aromatic N) is 2. The monoisotopic (exact) mass is 407 g/mol. The van der Waals surface area contributed by atoms with Crippen LogP contribution in [0.3, 0.4) is 0 Å². The van der Waals surface area contributed by atoms with E-state index < -0.39 is 0 Å². The summed E-state index contributed by atoms with van der Waals surface area (Å²) in [4.78, 5) is 16.5. The Morgan fingerprint density at radius 2 is 2.20 bits per heavy atom. The highest BCUT2D eigenvalue weighted by Crippen LogP contribution is 2.38. The molecule has 0 saturated heterocycles. The number of imidazole rings is 1. The van der Waals surface area contributed by atoms with E-state index in [4.69, 9.17) is 9.15 Å². The first kappa shape index (κ1) is 20.3. The average molecular weight is 408 g/mol. The number of hydrogen-bond acceptors (Lipinski definition) is 4. The van der Waals surface area contributed by atoms with E-state index in [0.717, 1.165) is 59.4 Å². The van der Waals surface area contributed by atoms with Crippen LogP contribution in [0.4, 0.5) is 0 Å². The summed E-state index contributed by atoms with van der Waals surface area (Å²) < 4.78 is 14.0. The number of aryl methyl sites for hydroxylation is 3. The van der Waals surface area contributed by atoms with Crippen LogP contribution in [0.25, 0.3) is 16.5 Å². The maximum atomic E-state index is 12.4. The van der Waals surface area contributed by atoms with Crippen LogP contribution in [0, 0.1) is 0 Å². The number of rotatable bonds is 8. The van der Waals surface area contributed by atoms with Gasteiger partial charge in [0.2, 0.25) is 5.91 Å². The van der Waals surface area contributed by atoms with Crippen molar-refractivity contribution in [2.24, 2.45) is 0 Å². The van der Waals surface area contributed by atoms with Crippen molar-refractivity contribution in [3.8, 4) is 5.75 Å². The van der Waals surface area contributed by atoms with Crippen molar-refractivity contribution in [3.63, 3.8) is 0 Å². The lowest BCUT2D eigenvalue weighted by Gasteiger charge is -2.12. The predicted molar refractivity (Wildman–Crippen MR) is 118 cm³/mol. The Morgan fingerprint density at radius 1 is 1.33 bits per heavy atom. The van der Waals surface area contributed by atoms with Gasteiger partial charge in [-0.15, -0.1) is 0 Å². The third-order valence-electron chi connectivity index (χ3n) is 5.58. The van der Waals surface area contributed by atoms with Gasteiger partial charge in [-0.25, -0.2) is 4.98 Å². The Balaban J connectivity index is 1.50. The van der Waals surface area contributed by atoms with Crippen molar-refractivity contribution in [1.29, 1.82) is 0 Å². The van der Waals surface area contributed by atoms with Crippen molar-refractivity contribution in [2.75, 3.05) is 13.2 Å². The minimum atomic E-state index is -0.0881. The quantitative estimate of drug-likeness (QED) is 0.440. The molecule has 0 unspecified atom stereocenters. The zero-order chi connectivity index (χ0) is 20.9. The molecule has 1 aliphatic rings. The van der Waals surface area contributed by atoms with Crippen LogP contribution in [0.1, 0.15) is 50.0 Å². The highest BCUT2D eigenvalue weighted by molar-refractivity contribution is 5.97. The first-order valence-electron chi connectivity index (χ1n) is 10.8. The summed E-state index contributed by atoms with van der Waals surface area (Å²) >= 11 is 0. The lowest BCUT2D eigenvalue weighted by Crippen LogP contribution is -2.23. The van der Waals surface area contributed by atoms with Gasteiger partial charge in [-0.1, -0.05) is 0 Å². The maximum absolute atomic E-state index is 12.4. The number of hydrogen-bond donors (Lipinski definition) is 1. The van der Waals surface area contributed by atoms with Gasteiger partial charge in [0.05, 0.1) is 12.9 Å². The Hall–Kier alpha value is -3.02. The fourth-order valence-electron chi connectivity index (χ4n) is 4.09. The van der Waals surface area contributed by atoms with Crippen molar-refractivity contribution < 1.29 is 13.9 Å². The molecule has 3 aromatic rings. The summed E-state index contributed by atoms with van der Waals surface area (Å²) in [6, 6.07) is 4.11. The van der Waals surface area contributed by atoms with Crippen molar-refractivity contribution >= 4 is 22.4 Å². The normalized spacial score (nSPS) is 14.0. The van der Waals surface area contributed by atoms with Crippen LogP contribution in [-0.2, 0) is 24.2 Å². The summed E-state index contributed by atoms with van der Waals surface area (Å²) in [7, 11) is 0. The second-order valence-corrected chi connectivity index (χ2v) is 7.76. The van der Waals surface area contributed by atoms with Crippen molar-refractivity contribution in [2.45, 2.75) is 52.5 Å². The molecule has 1 amide bonds. The molecule has 2 heterocycles. The number of furan rings is 1. The van der Waals surface area contributed by atoms with Crippen LogP contribution >= 0.6 is 0 Å². The number of carbonyl (C=O) groups excluding carboxylic acids is 1. The van der Waals surface area contributed by atoms with Gasteiger partial charge in [-0.05, 0) is 51.2 Å². The fraction of sp³-hybridized carbons (Fsp3) is 0.417. The van der Waals surface area contributed by atoms with Gasteiger partial charge in [0.25, 0.3) is 0 Å². The first-order chi connectivity index (χ1) is 14.7. The molecule has 0 aliphatic heterocycles. The largest absolute Gasteiger partial charge is 0.493 e. The number of carbonyl (C=O) groups is 1. The Labute approximate surface area is 176 Å². The standard InChI is InChI=1S/C24H29N3O3/c1-3-29-22-15-23-20(18-7-4-5-8-21(18)30-23)14-19(22)17(2)13-24(28)26-9-6-11-27-12-10-25-16-27/h10,12-16H,3-9,11H2,1-2H3,(H,26,28)/b17-13+. The first-order valence-corrected chi connectivity index (χ1v) is 10.8. The molecular weight excluding hydrogens is 378 g/mol. The van der Waals surface area contributed by atoms with Crippen LogP contribution in [0.15, 0.2) is 41.3 Å². The molecule has 0 saturated carbocycles. The van der Waals surface area contributed by atoms with E-state index in [2.05, 4.69) is 16.4 Å². The molecule has 158 valence electrons. The second-order valence-electron chi connectivity index (χ2n) is 7.76. The molecule has 1 aliphatic carbocycles. The van der Waals surface area contributed by atoms with Gasteiger partial charge >= 0.3 is 0 Å². The van der Waals surface area contributed by atoms with Crippen LogP contribution in [0.5, 0.6) is 5.75 Å². The third kappa shape index (κ3) is 4.42. The fourth-order valence-corrected chi connectivity index (χ4v) is 4.09. The minimum Gasteiger partial charge on any atom is -0.493 e. The maximum Gasteiger partial charge on any atom is 0.244 e. The van der Waals surface area contributed by atoms with Gasteiger partial charge in [0.15, 0.2) is 0 Å². The van der Waals surface area contributed by atoms with Gasteiger partial charge in [-0.2, -0.15) is 0 Å². The zero-order valence-electron chi connectivity index (χ0n) is 17.7. The Kier molecular flexibility index (Phi) is 6.21. The molecular formula is C24H29N3O3.